The fraction of sp³-hybridized carbons (Fsp3) is 0.429. The molecule has 10 heavy (non-hydrogen) atoms. The van der Waals surface area contributed by atoms with Crippen molar-refractivity contribution in [1.82, 2.24) is 0 Å². The topological polar surface area (TPSA) is 54.4 Å². The lowest BCUT2D eigenvalue weighted by Gasteiger charge is -1.91. The van der Waals surface area contributed by atoms with Crippen molar-refractivity contribution in [3.05, 3.63) is 11.8 Å². The zero-order valence-electron chi connectivity index (χ0n) is 6.05. The Morgan fingerprint density at radius 1 is 1.40 bits per heavy atom. The number of hydrogen-bond acceptors (Lipinski definition) is 3. The number of Topliss-reactive ketones (excluding diaryl/α,β-unsaturated/α-hetero) is 1. The van der Waals surface area contributed by atoms with E-state index >= 15 is 0 Å². The third-order valence-electron chi connectivity index (χ3n) is 0.800. The maximum absolute atomic E-state index is 10.3. The molecule has 3 nitrogen and oxygen atoms in total. The van der Waals surface area contributed by atoms with Crippen LogP contribution in [-0.4, -0.2) is 16.7 Å². The molecule has 0 bridgehead atoms. The smallest absolute Gasteiger partial charge is 0.155 e. The molecule has 0 atom stereocenters. The fourth-order valence-electron chi connectivity index (χ4n) is 0.541. The molecule has 3 heteroatoms. The molecule has 0 saturated heterocycles. The molecule has 0 aromatic rings. The molecule has 0 spiro atoms. The van der Waals surface area contributed by atoms with Gasteiger partial charge in [0.2, 0.25) is 0 Å². The first kappa shape index (κ1) is 8.88. The van der Waals surface area contributed by atoms with Crippen LogP contribution in [0.5, 0.6) is 0 Å². The van der Waals surface area contributed by atoms with Crippen molar-refractivity contribution >= 4 is 11.6 Å². The highest BCUT2D eigenvalue weighted by atomic mass is 16.3. The van der Waals surface area contributed by atoms with E-state index in [-0.39, 0.29) is 23.7 Å². The summed E-state index contributed by atoms with van der Waals surface area (Å²) in [5.74, 6) is -0.575. The Hall–Kier alpha value is -1.12. The van der Waals surface area contributed by atoms with Gasteiger partial charge in [-0.15, -0.1) is 0 Å². The van der Waals surface area contributed by atoms with Crippen molar-refractivity contribution in [3.8, 4) is 0 Å². The van der Waals surface area contributed by atoms with Gasteiger partial charge in [-0.1, -0.05) is 0 Å². The summed E-state index contributed by atoms with van der Waals surface area (Å²) in [6.07, 6.45) is 0.987. The highest BCUT2D eigenvalue weighted by molar-refractivity contribution is 5.89. The van der Waals surface area contributed by atoms with Crippen molar-refractivity contribution in [2.24, 2.45) is 0 Å². The normalized spacial score (nSPS) is 11.2. The van der Waals surface area contributed by atoms with Crippen LogP contribution in [0.25, 0.3) is 0 Å². The van der Waals surface area contributed by atoms with E-state index in [0.717, 1.165) is 6.08 Å². The summed E-state index contributed by atoms with van der Waals surface area (Å²) in [6.45, 7) is 2.67. The zero-order valence-corrected chi connectivity index (χ0v) is 6.05. The van der Waals surface area contributed by atoms with Crippen molar-refractivity contribution in [1.29, 1.82) is 0 Å². The summed E-state index contributed by atoms with van der Waals surface area (Å²) in [6, 6.07) is 0. The highest BCUT2D eigenvalue weighted by Gasteiger charge is 1.98. The molecule has 0 heterocycles. The molecule has 0 fully saturated rings. The molecule has 1 N–H and O–H groups in total. The number of aliphatic hydroxyl groups excluding tert-OH is 1. The minimum Gasteiger partial charge on any atom is -0.512 e. The Morgan fingerprint density at radius 3 is 2.20 bits per heavy atom. The van der Waals surface area contributed by atoms with E-state index in [4.69, 9.17) is 5.11 Å². The molecule has 0 aliphatic heterocycles. The molecule has 0 radical (unpaired) electrons. The van der Waals surface area contributed by atoms with Crippen molar-refractivity contribution < 1.29 is 14.7 Å². The van der Waals surface area contributed by atoms with Gasteiger partial charge in [0.05, 0.1) is 6.42 Å². The average Bonchev–Trinajstić information content (AvgIpc) is 1.58. The Morgan fingerprint density at radius 2 is 1.90 bits per heavy atom. The Labute approximate surface area is 59.4 Å². The van der Waals surface area contributed by atoms with E-state index in [2.05, 4.69) is 0 Å². The first-order chi connectivity index (χ1) is 4.52. The van der Waals surface area contributed by atoms with Gasteiger partial charge in [-0.25, -0.2) is 0 Å². The molecular weight excluding hydrogens is 132 g/mol. The Bertz CT molecular complexity index is 179. The maximum Gasteiger partial charge on any atom is 0.155 e. The fourth-order valence-corrected chi connectivity index (χ4v) is 0.541. The molecule has 0 aliphatic carbocycles. The largest absolute Gasteiger partial charge is 0.512 e. The lowest BCUT2D eigenvalue weighted by Crippen LogP contribution is -1.95. The molecule has 0 saturated carbocycles. The van der Waals surface area contributed by atoms with E-state index in [0.29, 0.717) is 0 Å². The van der Waals surface area contributed by atoms with E-state index in [1.807, 2.05) is 0 Å². The van der Waals surface area contributed by atoms with Crippen LogP contribution in [0.4, 0.5) is 0 Å². The van der Waals surface area contributed by atoms with Gasteiger partial charge in [0.15, 0.2) is 5.78 Å². The molecule has 0 amide bonds. The van der Waals surface area contributed by atoms with Gasteiger partial charge >= 0.3 is 0 Å². The number of ketones is 2. The minimum atomic E-state index is -0.251. The summed E-state index contributed by atoms with van der Waals surface area (Å²) in [4.78, 5) is 20.6. The third-order valence-corrected chi connectivity index (χ3v) is 0.800. The monoisotopic (exact) mass is 142 g/mol. The van der Waals surface area contributed by atoms with Crippen LogP contribution < -0.4 is 0 Å². The Balaban J connectivity index is 3.95. The van der Waals surface area contributed by atoms with Crippen LogP contribution in [0.2, 0.25) is 0 Å². The van der Waals surface area contributed by atoms with E-state index < -0.39 is 0 Å². The van der Waals surface area contributed by atoms with E-state index in [9.17, 15) is 9.59 Å². The summed E-state index contributed by atoms with van der Waals surface area (Å²) in [5, 5.41) is 8.81. The van der Waals surface area contributed by atoms with Crippen molar-refractivity contribution in [2.45, 2.75) is 20.3 Å². The van der Waals surface area contributed by atoms with Crippen molar-refractivity contribution in [3.63, 3.8) is 0 Å². The van der Waals surface area contributed by atoms with Crippen LogP contribution in [0.3, 0.4) is 0 Å². The second-order valence-corrected chi connectivity index (χ2v) is 2.13. The van der Waals surface area contributed by atoms with Crippen LogP contribution >= 0.6 is 0 Å². The first-order valence-corrected chi connectivity index (χ1v) is 2.92. The van der Waals surface area contributed by atoms with Crippen LogP contribution in [0, 0.1) is 0 Å². The minimum absolute atomic E-state index is 0.0560. The predicted molar refractivity (Wildman–Crippen MR) is 36.7 cm³/mol. The van der Waals surface area contributed by atoms with Gasteiger partial charge in [-0.2, -0.15) is 0 Å². The highest BCUT2D eigenvalue weighted by Crippen LogP contribution is 1.96. The van der Waals surface area contributed by atoms with Gasteiger partial charge in [0, 0.05) is 6.08 Å². The quantitative estimate of drug-likeness (QED) is 0.472. The number of carbonyl (C=O) groups is 2. The molecule has 0 aromatic heterocycles. The zero-order chi connectivity index (χ0) is 8.15. The third kappa shape index (κ3) is 5.03. The first-order valence-electron chi connectivity index (χ1n) is 2.92. The van der Waals surface area contributed by atoms with Crippen LogP contribution in [0.15, 0.2) is 11.8 Å². The van der Waals surface area contributed by atoms with Gasteiger partial charge in [0.25, 0.3) is 0 Å². The second-order valence-electron chi connectivity index (χ2n) is 2.13. The summed E-state index contributed by atoms with van der Waals surface area (Å²) in [7, 11) is 0. The summed E-state index contributed by atoms with van der Waals surface area (Å²) >= 11 is 0. The molecule has 0 unspecified atom stereocenters. The summed E-state index contributed by atoms with van der Waals surface area (Å²) in [5.41, 5.74) is 0. The number of aliphatic hydroxyl groups is 1. The number of allylic oxidation sites excluding steroid dienone is 2. The lowest BCUT2D eigenvalue weighted by atomic mass is 10.2. The van der Waals surface area contributed by atoms with Crippen LogP contribution in [0.1, 0.15) is 20.3 Å². The van der Waals surface area contributed by atoms with Gasteiger partial charge in [-0.05, 0) is 13.8 Å². The molecule has 0 aromatic carbocycles. The summed E-state index contributed by atoms with van der Waals surface area (Å²) < 4.78 is 0. The van der Waals surface area contributed by atoms with Gasteiger partial charge in [-0.3, -0.25) is 9.59 Å². The van der Waals surface area contributed by atoms with E-state index in [1.165, 1.54) is 13.8 Å². The SMILES string of the molecule is CC(=O)C=C(O)CC(C)=O. The number of hydrogen-bond donors (Lipinski definition) is 1. The number of carbonyl (C=O) groups excluding carboxylic acids is 2. The van der Waals surface area contributed by atoms with Gasteiger partial charge < -0.3 is 5.11 Å². The van der Waals surface area contributed by atoms with Crippen LogP contribution in [-0.2, 0) is 9.59 Å². The molecule has 56 valence electrons. The van der Waals surface area contributed by atoms with E-state index in [1.54, 1.807) is 0 Å². The molecular formula is C7H10O3. The maximum atomic E-state index is 10.3. The standard InChI is InChI=1S/C7H10O3/c1-5(8)3-7(10)4-6(2)9/h3,10H,4H2,1-2H3. The average molecular weight is 142 g/mol. The second kappa shape index (κ2) is 3.82. The predicted octanol–water partition coefficient (Wildman–Crippen LogP) is 0.996. The van der Waals surface area contributed by atoms with Gasteiger partial charge in [0.1, 0.15) is 11.5 Å². The van der Waals surface area contributed by atoms with Crippen molar-refractivity contribution in [2.75, 3.05) is 0 Å². The molecule has 0 rings (SSSR count). The molecule has 0 aliphatic rings. The number of rotatable bonds is 3. The lowest BCUT2D eigenvalue weighted by molar-refractivity contribution is -0.116. The Kier molecular flexibility index (Phi) is 3.39.